The molecule has 0 aliphatic heterocycles. The molecule has 51 heavy (non-hydrogen) atoms. The highest BCUT2D eigenvalue weighted by molar-refractivity contribution is 4.93. The van der Waals surface area contributed by atoms with E-state index in [1.54, 1.807) is 20.8 Å². The first-order valence-corrected chi connectivity index (χ1v) is 16.9. The second kappa shape index (κ2) is 21.7. The van der Waals surface area contributed by atoms with Crippen molar-refractivity contribution in [1.29, 1.82) is 0 Å². The summed E-state index contributed by atoms with van der Waals surface area (Å²) in [7, 11) is 0. The minimum Gasteiger partial charge on any atom is -0.373 e. The smallest absolute Gasteiger partial charge is 0.373 e. The fourth-order valence-corrected chi connectivity index (χ4v) is 3.95. The number of alkyl halides is 12. The van der Waals surface area contributed by atoms with E-state index in [0.29, 0.717) is 0 Å². The molecule has 0 fully saturated rings. The largest absolute Gasteiger partial charge is 0.426 e. The van der Waals surface area contributed by atoms with Crippen LogP contribution < -0.4 is 0 Å². The molecule has 0 aliphatic rings. The first-order chi connectivity index (χ1) is 23.2. The topological polar surface area (TPSA) is 64.6 Å². The number of ether oxygens (including phenoxy) is 7. The Bertz CT molecular complexity index is 946. The SMILES string of the molecule is CCCCC(F)(F)C(F)(F)C(F)(F)OCC(C)OCC(C)OCC(C)OCC(C)OCC(C)OCC(C)OC(F)(F)C(F)(F)C(F)(F)CCCC. The Labute approximate surface area is 292 Å². The fourth-order valence-electron chi connectivity index (χ4n) is 3.95. The fraction of sp³-hybridized carbons (Fsp3) is 1.00. The first kappa shape index (κ1) is 49.9. The number of halogens is 12. The van der Waals surface area contributed by atoms with Crippen LogP contribution in [-0.4, -0.2) is 112 Å². The predicted molar refractivity (Wildman–Crippen MR) is 162 cm³/mol. The van der Waals surface area contributed by atoms with Crippen molar-refractivity contribution in [3.05, 3.63) is 0 Å². The summed E-state index contributed by atoms with van der Waals surface area (Å²) in [4.78, 5) is 0. The van der Waals surface area contributed by atoms with Gasteiger partial charge in [-0.05, 0) is 54.4 Å². The molecule has 0 N–H and O–H groups in total. The molecule has 0 aromatic rings. The van der Waals surface area contributed by atoms with Gasteiger partial charge in [-0.1, -0.05) is 26.7 Å². The Balaban J connectivity index is 4.44. The lowest BCUT2D eigenvalue weighted by Crippen LogP contribution is -2.56. The summed E-state index contributed by atoms with van der Waals surface area (Å²) in [5, 5.41) is 0. The molecule has 0 amide bonds. The molecule has 0 radical (unpaired) electrons. The molecule has 0 aromatic carbocycles. The first-order valence-electron chi connectivity index (χ1n) is 16.9. The molecule has 0 spiro atoms. The Hall–Kier alpha value is -1.12. The summed E-state index contributed by atoms with van der Waals surface area (Å²) < 4.78 is 201. The van der Waals surface area contributed by atoms with Crippen LogP contribution in [0.1, 0.15) is 93.9 Å². The number of unbranched alkanes of at least 4 members (excludes halogenated alkanes) is 2. The van der Waals surface area contributed by atoms with Crippen molar-refractivity contribution in [2.75, 3.05) is 39.6 Å². The van der Waals surface area contributed by atoms with Gasteiger partial charge >= 0.3 is 35.9 Å². The molecular weight excluding hydrogens is 724 g/mol. The Morgan fingerprint density at radius 1 is 0.392 bits per heavy atom. The summed E-state index contributed by atoms with van der Waals surface area (Å²) in [6, 6.07) is 0. The minimum atomic E-state index is -5.73. The van der Waals surface area contributed by atoms with E-state index in [1.807, 2.05) is 0 Å². The van der Waals surface area contributed by atoms with Crippen LogP contribution in [0.15, 0.2) is 0 Å². The Kier molecular flexibility index (Phi) is 21.2. The van der Waals surface area contributed by atoms with Gasteiger partial charge in [0.25, 0.3) is 0 Å². The van der Waals surface area contributed by atoms with Gasteiger partial charge in [-0.3, -0.25) is 0 Å². The third-order valence-electron chi connectivity index (χ3n) is 7.26. The zero-order valence-electron chi connectivity index (χ0n) is 30.3. The highest BCUT2D eigenvalue weighted by Crippen LogP contribution is 2.50. The van der Waals surface area contributed by atoms with Crippen LogP contribution in [0.2, 0.25) is 0 Å². The molecule has 0 aliphatic carbocycles. The maximum Gasteiger partial charge on any atom is 0.426 e. The minimum absolute atomic E-state index is 0.0326. The second-order valence-electron chi connectivity index (χ2n) is 12.8. The average Bonchev–Trinajstić information content (AvgIpc) is 3.03. The normalized spacial score (nSPS) is 17.6. The van der Waals surface area contributed by atoms with Crippen LogP contribution in [0.25, 0.3) is 0 Å². The van der Waals surface area contributed by atoms with Gasteiger partial charge in [0.05, 0.1) is 76.3 Å². The summed E-state index contributed by atoms with van der Waals surface area (Å²) in [5.41, 5.74) is 0. The van der Waals surface area contributed by atoms with Crippen LogP contribution in [0.4, 0.5) is 52.7 Å². The molecule has 19 heteroatoms. The van der Waals surface area contributed by atoms with Crippen LogP contribution >= 0.6 is 0 Å². The van der Waals surface area contributed by atoms with Crippen LogP contribution in [-0.2, 0) is 33.2 Å². The maximum atomic E-state index is 14.0. The number of hydrogen-bond donors (Lipinski definition) is 0. The molecule has 6 atom stereocenters. The quantitative estimate of drug-likeness (QED) is 0.0674. The van der Waals surface area contributed by atoms with E-state index in [9.17, 15) is 52.7 Å². The van der Waals surface area contributed by atoms with Gasteiger partial charge < -0.3 is 33.2 Å². The summed E-state index contributed by atoms with van der Waals surface area (Å²) in [6.45, 7) is 9.55. The van der Waals surface area contributed by atoms with E-state index in [0.717, 1.165) is 6.92 Å². The molecule has 6 unspecified atom stereocenters. The van der Waals surface area contributed by atoms with Crippen LogP contribution in [0.5, 0.6) is 0 Å². The van der Waals surface area contributed by atoms with Gasteiger partial charge in [0.15, 0.2) is 0 Å². The van der Waals surface area contributed by atoms with Gasteiger partial charge in [0.1, 0.15) is 0 Å². The lowest BCUT2D eigenvalue weighted by Gasteiger charge is -2.33. The average molecular weight is 779 g/mol. The zero-order valence-corrected chi connectivity index (χ0v) is 30.3. The molecule has 0 aromatic heterocycles. The van der Waals surface area contributed by atoms with E-state index in [2.05, 4.69) is 9.47 Å². The van der Waals surface area contributed by atoms with E-state index >= 15 is 0 Å². The van der Waals surface area contributed by atoms with Crippen molar-refractivity contribution in [2.24, 2.45) is 0 Å². The lowest BCUT2D eigenvalue weighted by molar-refractivity contribution is -0.409. The van der Waals surface area contributed by atoms with Gasteiger partial charge in [0, 0.05) is 12.8 Å². The van der Waals surface area contributed by atoms with E-state index in [4.69, 9.17) is 23.7 Å². The molecular formula is C32H54F12O7. The highest BCUT2D eigenvalue weighted by atomic mass is 19.4. The Morgan fingerprint density at radius 2 is 0.667 bits per heavy atom. The van der Waals surface area contributed by atoms with Crippen molar-refractivity contribution in [3.8, 4) is 0 Å². The molecule has 7 nitrogen and oxygen atoms in total. The van der Waals surface area contributed by atoms with Gasteiger partial charge in [-0.15, -0.1) is 0 Å². The molecule has 0 rings (SSSR count). The van der Waals surface area contributed by atoms with Crippen LogP contribution in [0, 0.1) is 0 Å². The van der Waals surface area contributed by atoms with E-state index in [1.165, 1.54) is 27.7 Å². The third-order valence-corrected chi connectivity index (χ3v) is 7.26. The van der Waals surface area contributed by atoms with Crippen molar-refractivity contribution < 1.29 is 85.8 Å². The zero-order chi connectivity index (χ0) is 39.9. The molecule has 308 valence electrons. The van der Waals surface area contributed by atoms with Crippen LogP contribution in [0.3, 0.4) is 0 Å². The summed E-state index contributed by atoms with van der Waals surface area (Å²) in [6.07, 6.45) is -19.5. The van der Waals surface area contributed by atoms with E-state index < -0.39 is 98.6 Å². The number of rotatable bonds is 30. The molecule has 0 heterocycles. The monoisotopic (exact) mass is 778 g/mol. The predicted octanol–water partition coefficient (Wildman–Crippen LogP) is 9.54. The molecule has 0 bridgehead atoms. The van der Waals surface area contributed by atoms with Crippen molar-refractivity contribution >= 4 is 0 Å². The Morgan fingerprint density at radius 3 is 0.980 bits per heavy atom. The lowest BCUT2D eigenvalue weighted by atomic mass is 10.0. The standard InChI is InChI=1S/C32H54F12O7/c1-9-11-13-27(33,34)29(37,38)31(41,42)50-20-25(7)48-18-23(5)46-16-21(3)45-15-22(4)47-17-24(6)49-19-26(8)51-32(43,44)30(39,40)28(35,36)14-12-10-2/h21-26H,9-20H2,1-8H3. The van der Waals surface area contributed by atoms with E-state index in [-0.39, 0.29) is 52.1 Å². The van der Waals surface area contributed by atoms with Crippen molar-refractivity contribution in [2.45, 2.75) is 166 Å². The molecule has 0 saturated carbocycles. The maximum absolute atomic E-state index is 14.0. The van der Waals surface area contributed by atoms with Crippen molar-refractivity contribution in [1.82, 2.24) is 0 Å². The second-order valence-corrected chi connectivity index (χ2v) is 12.8. The third kappa shape index (κ3) is 16.4. The van der Waals surface area contributed by atoms with Gasteiger partial charge in [-0.25, -0.2) is 0 Å². The van der Waals surface area contributed by atoms with Gasteiger partial charge in [-0.2, -0.15) is 52.7 Å². The molecule has 0 saturated heterocycles. The summed E-state index contributed by atoms with van der Waals surface area (Å²) >= 11 is 0. The van der Waals surface area contributed by atoms with Crippen molar-refractivity contribution in [3.63, 3.8) is 0 Å². The van der Waals surface area contributed by atoms with Gasteiger partial charge in [0.2, 0.25) is 0 Å². The summed E-state index contributed by atoms with van der Waals surface area (Å²) in [5.74, 6) is -21.4. The number of hydrogen-bond acceptors (Lipinski definition) is 7. The highest BCUT2D eigenvalue weighted by Gasteiger charge is 2.73.